The van der Waals surface area contributed by atoms with Crippen LogP contribution in [0, 0.1) is 13.8 Å². The fraction of sp³-hybridized carbons (Fsp3) is 0.333. The fourth-order valence-electron chi connectivity index (χ4n) is 1.60. The average molecular weight is 274 g/mol. The molecule has 0 heterocycles. The predicted octanol–water partition coefficient (Wildman–Crippen LogP) is 4.42. The van der Waals surface area contributed by atoms with Gasteiger partial charge in [-0.05, 0) is 44.0 Å². The van der Waals surface area contributed by atoms with E-state index in [1.807, 2.05) is 32.5 Å². The van der Waals surface area contributed by atoms with E-state index >= 15 is 0 Å². The Balaban J connectivity index is 3.28. The second-order valence-corrected chi connectivity index (χ2v) is 6.79. The first-order valence-corrected chi connectivity index (χ1v) is 8.33. The van der Waals surface area contributed by atoms with Crippen molar-refractivity contribution in [2.45, 2.75) is 26.8 Å². The molecule has 0 spiro atoms. The minimum atomic E-state index is -1.28. The third-order valence-corrected chi connectivity index (χ3v) is 3.69. The van der Waals surface area contributed by atoms with Gasteiger partial charge in [0.1, 0.15) is 5.75 Å². The summed E-state index contributed by atoms with van der Waals surface area (Å²) in [5, 5.41) is 0.795. The molecule has 0 bridgehead atoms. The van der Waals surface area contributed by atoms with Gasteiger partial charge in [0.15, 0.2) is 0 Å². The van der Waals surface area contributed by atoms with Crippen LogP contribution in [0.15, 0.2) is 18.7 Å². The monoisotopic (exact) mass is 273 g/mol. The molecule has 0 N–H and O–H groups in total. The van der Waals surface area contributed by atoms with Crippen LogP contribution in [0.3, 0.4) is 0 Å². The number of hydrogen-bond donors (Lipinski definition) is 0. The highest BCUT2D eigenvalue weighted by Crippen LogP contribution is 2.32. The van der Waals surface area contributed by atoms with Crippen molar-refractivity contribution in [1.29, 1.82) is 0 Å². The molecule has 1 nitrogen and oxygen atoms in total. The van der Waals surface area contributed by atoms with Gasteiger partial charge in [-0.3, -0.25) is 0 Å². The Bertz CT molecular complexity index is 402. The zero-order chi connectivity index (χ0) is 12.3. The van der Waals surface area contributed by atoms with Gasteiger partial charge in [-0.25, -0.2) is 0 Å². The van der Waals surface area contributed by atoms with Crippen molar-refractivity contribution in [1.82, 2.24) is 0 Å². The zero-order valence-electron chi connectivity index (χ0n) is 9.73. The van der Waals surface area contributed by atoms with Crippen LogP contribution < -0.4 is 4.43 Å². The molecule has 0 aliphatic rings. The highest BCUT2D eigenvalue weighted by atomic mass is 35.6. The van der Waals surface area contributed by atoms with Crippen LogP contribution in [0.5, 0.6) is 5.75 Å². The maximum atomic E-state index is 6.21. The molecule has 1 rings (SSSR count). The van der Waals surface area contributed by atoms with E-state index in [9.17, 15) is 0 Å². The van der Waals surface area contributed by atoms with Gasteiger partial charge in [-0.2, -0.15) is 0 Å². The summed E-state index contributed by atoms with van der Waals surface area (Å²) in [5.41, 5.74) is 3.15. The lowest BCUT2D eigenvalue weighted by Crippen LogP contribution is -2.11. The molecule has 16 heavy (non-hydrogen) atoms. The summed E-state index contributed by atoms with van der Waals surface area (Å²) in [6.45, 7) is 9.60. The van der Waals surface area contributed by atoms with Crippen LogP contribution in [0.2, 0.25) is 11.6 Å². The topological polar surface area (TPSA) is 9.23 Å². The number of halogens is 2. The van der Waals surface area contributed by atoms with Gasteiger partial charge in [-0.15, -0.1) is 17.7 Å². The van der Waals surface area contributed by atoms with E-state index in [1.54, 1.807) is 0 Å². The van der Waals surface area contributed by atoms with Crippen molar-refractivity contribution < 1.29 is 4.43 Å². The third-order valence-electron chi connectivity index (χ3n) is 2.37. The second kappa shape index (κ2) is 5.76. The van der Waals surface area contributed by atoms with E-state index in [4.69, 9.17) is 27.1 Å². The third kappa shape index (κ3) is 3.03. The standard InChI is InChI=1S/C12H15Cl2OSi/c1-5-6-10-9(3)12(13)8(2)7-11(10)15-16(4)14/h5,7H,1,6H2,2-4H3. The molecular weight excluding hydrogens is 259 g/mol. The van der Waals surface area contributed by atoms with E-state index in [0.29, 0.717) is 0 Å². The van der Waals surface area contributed by atoms with Crippen LogP contribution >= 0.6 is 22.7 Å². The van der Waals surface area contributed by atoms with E-state index < -0.39 is 8.35 Å². The summed E-state index contributed by atoms with van der Waals surface area (Å²) in [6, 6.07) is 1.95. The average Bonchev–Trinajstić information content (AvgIpc) is 2.20. The molecule has 0 saturated heterocycles. The van der Waals surface area contributed by atoms with Gasteiger partial charge >= 0.3 is 8.35 Å². The van der Waals surface area contributed by atoms with Gasteiger partial charge in [0, 0.05) is 10.6 Å². The van der Waals surface area contributed by atoms with Crippen molar-refractivity contribution in [3.63, 3.8) is 0 Å². The quantitative estimate of drug-likeness (QED) is 0.448. The molecule has 1 radical (unpaired) electrons. The first kappa shape index (κ1) is 13.6. The smallest absolute Gasteiger partial charge is 0.388 e. The zero-order valence-corrected chi connectivity index (χ0v) is 12.2. The molecule has 0 aliphatic heterocycles. The molecule has 0 amide bonds. The maximum Gasteiger partial charge on any atom is 0.388 e. The Labute approximate surface area is 108 Å². The lowest BCUT2D eigenvalue weighted by molar-refractivity contribution is 0.583. The normalized spacial score (nSPS) is 10.6. The minimum absolute atomic E-state index is 0.743. The number of hydrogen-bond acceptors (Lipinski definition) is 1. The van der Waals surface area contributed by atoms with Crippen molar-refractivity contribution in [2.24, 2.45) is 0 Å². The van der Waals surface area contributed by atoms with E-state index in [1.165, 1.54) is 0 Å². The fourth-order valence-corrected chi connectivity index (χ4v) is 2.50. The first-order chi connectivity index (χ1) is 7.47. The molecule has 4 heteroatoms. The van der Waals surface area contributed by atoms with Crippen molar-refractivity contribution in [2.75, 3.05) is 0 Å². The van der Waals surface area contributed by atoms with Gasteiger partial charge in [0.2, 0.25) is 0 Å². The van der Waals surface area contributed by atoms with Crippen LogP contribution in [-0.2, 0) is 6.42 Å². The summed E-state index contributed by atoms with van der Waals surface area (Å²) in [6.07, 6.45) is 2.59. The largest absolute Gasteiger partial charge is 0.528 e. The summed E-state index contributed by atoms with van der Waals surface area (Å²) >= 11 is 12.2. The summed E-state index contributed by atoms with van der Waals surface area (Å²) in [7, 11) is -1.28. The van der Waals surface area contributed by atoms with Crippen LogP contribution in [0.1, 0.15) is 16.7 Å². The Morgan fingerprint density at radius 3 is 2.62 bits per heavy atom. The molecule has 1 aromatic rings. The minimum Gasteiger partial charge on any atom is -0.528 e. The van der Waals surface area contributed by atoms with Crippen LogP contribution in [0.4, 0.5) is 0 Å². The Kier molecular flexibility index (Phi) is 4.90. The van der Waals surface area contributed by atoms with Gasteiger partial charge in [0.05, 0.1) is 0 Å². The lowest BCUT2D eigenvalue weighted by Gasteiger charge is -2.16. The summed E-state index contributed by atoms with van der Waals surface area (Å²) in [4.78, 5) is 0. The second-order valence-electron chi connectivity index (χ2n) is 3.67. The number of rotatable bonds is 4. The summed E-state index contributed by atoms with van der Waals surface area (Å²) < 4.78 is 5.68. The SMILES string of the molecule is C=CCc1c(O[Si](C)Cl)cc(C)c(Cl)c1C. The van der Waals surface area contributed by atoms with Crippen molar-refractivity contribution in [3.05, 3.63) is 40.4 Å². The maximum absolute atomic E-state index is 6.21. The van der Waals surface area contributed by atoms with E-state index in [-0.39, 0.29) is 0 Å². The molecule has 0 fully saturated rings. The Hall–Kier alpha value is -0.443. The molecule has 1 aromatic carbocycles. The number of aryl methyl sites for hydroxylation is 1. The molecule has 87 valence electrons. The van der Waals surface area contributed by atoms with E-state index in [2.05, 4.69) is 6.58 Å². The van der Waals surface area contributed by atoms with E-state index in [0.717, 1.165) is 33.9 Å². The summed E-state index contributed by atoms with van der Waals surface area (Å²) in [5.74, 6) is 0.839. The van der Waals surface area contributed by atoms with Crippen molar-refractivity contribution >= 4 is 31.0 Å². The molecule has 0 saturated carbocycles. The highest BCUT2D eigenvalue weighted by molar-refractivity contribution is 7.02. The van der Waals surface area contributed by atoms with Crippen LogP contribution in [0.25, 0.3) is 0 Å². The molecule has 0 aliphatic carbocycles. The van der Waals surface area contributed by atoms with Gasteiger partial charge in [-0.1, -0.05) is 17.7 Å². The van der Waals surface area contributed by atoms with Gasteiger partial charge in [0.25, 0.3) is 0 Å². The van der Waals surface area contributed by atoms with Gasteiger partial charge < -0.3 is 4.43 Å². The number of allylic oxidation sites excluding steroid dienone is 1. The number of benzene rings is 1. The molecular formula is C12H15Cl2OSi. The molecule has 0 aromatic heterocycles. The Morgan fingerprint density at radius 2 is 2.12 bits per heavy atom. The molecule has 0 unspecified atom stereocenters. The van der Waals surface area contributed by atoms with Crippen LogP contribution in [-0.4, -0.2) is 8.35 Å². The van der Waals surface area contributed by atoms with Crippen molar-refractivity contribution in [3.8, 4) is 5.75 Å². The first-order valence-electron chi connectivity index (χ1n) is 5.03. The highest BCUT2D eigenvalue weighted by Gasteiger charge is 2.14. The lowest BCUT2D eigenvalue weighted by atomic mass is 10.0. The molecule has 0 atom stereocenters. The Morgan fingerprint density at radius 1 is 1.50 bits per heavy atom. The predicted molar refractivity (Wildman–Crippen MR) is 72.9 cm³/mol.